The number of carboxylic acid groups (broad SMARTS) is 1. The van der Waals surface area contributed by atoms with E-state index in [1.54, 1.807) is 25.1 Å². The van der Waals surface area contributed by atoms with E-state index >= 15 is 0 Å². The van der Waals surface area contributed by atoms with Gasteiger partial charge in [-0.3, -0.25) is 0 Å². The first kappa shape index (κ1) is 12.6. The Balaban J connectivity index is 2.81. The first-order chi connectivity index (χ1) is 7.66. The molecule has 1 aromatic rings. The molecular formula is C12H12BrNO2. The highest BCUT2D eigenvalue weighted by Gasteiger charge is 2.12. The van der Waals surface area contributed by atoms with E-state index < -0.39 is 5.97 Å². The molecule has 0 fully saturated rings. The third-order valence-corrected chi connectivity index (χ3v) is 2.63. The van der Waals surface area contributed by atoms with Crippen LogP contribution in [-0.2, 0) is 0 Å². The topological polar surface area (TPSA) is 49.3 Å². The summed E-state index contributed by atoms with van der Waals surface area (Å²) in [4.78, 5) is 11.0. The van der Waals surface area contributed by atoms with E-state index in [0.717, 1.165) is 0 Å². The molecule has 0 bridgehead atoms. The third kappa shape index (κ3) is 3.28. The van der Waals surface area contributed by atoms with Gasteiger partial charge in [-0.15, -0.1) is 11.8 Å². The van der Waals surface area contributed by atoms with E-state index in [4.69, 9.17) is 5.11 Å². The Labute approximate surface area is 103 Å². The molecule has 0 unspecified atom stereocenters. The van der Waals surface area contributed by atoms with Crippen LogP contribution in [0.1, 0.15) is 23.7 Å². The van der Waals surface area contributed by atoms with Gasteiger partial charge >= 0.3 is 5.97 Å². The number of rotatable bonds is 4. The standard InChI is InChI=1S/C12H12BrNO2/c1-2-3-4-8-14-10-7-5-6-9(13)11(10)12(15)16/h5-7,14H,4,8H2,1H3,(H,15,16). The van der Waals surface area contributed by atoms with E-state index in [9.17, 15) is 4.79 Å². The zero-order valence-electron chi connectivity index (χ0n) is 8.88. The largest absolute Gasteiger partial charge is 0.478 e. The molecule has 1 rings (SSSR count). The van der Waals surface area contributed by atoms with Crippen LogP contribution in [0, 0.1) is 11.8 Å². The normalized spacial score (nSPS) is 9.12. The summed E-state index contributed by atoms with van der Waals surface area (Å²) < 4.78 is 0.576. The van der Waals surface area contributed by atoms with E-state index in [1.165, 1.54) is 0 Å². The number of anilines is 1. The van der Waals surface area contributed by atoms with Gasteiger partial charge in [0.1, 0.15) is 0 Å². The minimum atomic E-state index is -0.948. The second-order valence-corrected chi connectivity index (χ2v) is 3.93. The Morgan fingerprint density at radius 2 is 2.31 bits per heavy atom. The molecule has 0 aliphatic rings. The van der Waals surface area contributed by atoms with Crippen LogP contribution in [0.25, 0.3) is 0 Å². The summed E-state index contributed by atoms with van der Waals surface area (Å²) in [6, 6.07) is 5.25. The molecule has 84 valence electrons. The fraction of sp³-hybridized carbons (Fsp3) is 0.250. The molecule has 3 nitrogen and oxygen atoms in total. The number of nitrogens with one attached hydrogen (secondary N) is 1. The summed E-state index contributed by atoms with van der Waals surface area (Å²) in [6.45, 7) is 2.42. The van der Waals surface area contributed by atoms with Crippen molar-refractivity contribution in [1.82, 2.24) is 0 Å². The van der Waals surface area contributed by atoms with Crippen LogP contribution in [0.3, 0.4) is 0 Å². The van der Waals surface area contributed by atoms with Gasteiger partial charge in [-0.05, 0) is 35.0 Å². The maximum atomic E-state index is 11.0. The van der Waals surface area contributed by atoms with Gasteiger partial charge in [0.15, 0.2) is 0 Å². The molecule has 0 spiro atoms. The summed E-state index contributed by atoms with van der Waals surface area (Å²) in [5.41, 5.74) is 0.867. The maximum Gasteiger partial charge on any atom is 0.338 e. The fourth-order valence-corrected chi connectivity index (χ4v) is 1.81. The number of carboxylic acids is 1. The van der Waals surface area contributed by atoms with E-state index in [1.807, 2.05) is 0 Å². The van der Waals surface area contributed by atoms with Gasteiger partial charge in [0, 0.05) is 23.1 Å². The van der Waals surface area contributed by atoms with Gasteiger partial charge in [-0.25, -0.2) is 4.79 Å². The molecule has 0 saturated carbocycles. The smallest absolute Gasteiger partial charge is 0.338 e. The van der Waals surface area contributed by atoms with E-state index in [2.05, 4.69) is 33.1 Å². The Bertz CT molecular complexity index is 446. The molecular weight excluding hydrogens is 270 g/mol. The van der Waals surface area contributed by atoms with Crippen molar-refractivity contribution >= 4 is 27.6 Å². The molecule has 1 aromatic carbocycles. The van der Waals surface area contributed by atoms with Crippen LogP contribution in [0.5, 0.6) is 0 Å². The van der Waals surface area contributed by atoms with Crippen molar-refractivity contribution in [3.63, 3.8) is 0 Å². The van der Waals surface area contributed by atoms with Gasteiger partial charge in [-0.2, -0.15) is 0 Å². The first-order valence-corrected chi connectivity index (χ1v) is 5.61. The molecule has 16 heavy (non-hydrogen) atoms. The Morgan fingerprint density at radius 1 is 1.56 bits per heavy atom. The van der Waals surface area contributed by atoms with Crippen molar-refractivity contribution in [2.75, 3.05) is 11.9 Å². The summed E-state index contributed by atoms with van der Waals surface area (Å²) >= 11 is 3.22. The van der Waals surface area contributed by atoms with Crippen LogP contribution in [-0.4, -0.2) is 17.6 Å². The molecule has 0 saturated heterocycles. The molecule has 0 radical (unpaired) electrons. The predicted molar refractivity (Wildman–Crippen MR) is 67.7 cm³/mol. The lowest BCUT2D eigenvalue weighted by Gasteiger charge is -2.09. The minimum Gasteiger partial charge on any atom is -0.478 e. The maximum absolute atomic E-state index is 11.0. The van der Waals surface area contributed by atoms with Crippen molar-refractivity contribution in [3.05, 3.63) is 28.2 Å². The first-order valence-electron chi connectivity index (χ1n) is 4.82. The zero-order valence-corrected chi connectivity index (χ0v) is 10.5. The average molecular weight is 282 g/mol. The molecule has 4 heteroatoms. The Hall–Kier alpha value is -1.47. The van der Waals surface area contributed by atoms with E-state index in [-0.39, 0.29) is 5.56 Å². The lowest BCUT2D eigenvalue weighted by molar-refractivity contribution is 0.0697. The van der Waals surface area contributed by atoms with E-state index in [0.29, 0.717) is 23.1 Å². The number of halogens is 1. The number of benzene rings is 1. The molecule has 0 aliphatic carbocycles. The van der Waals surface area contributed by atoms with Gasteiger partial charge in [0.2, 0.25) is 0 Å². The lowest BCUT2D eigenvalue weighted by atomic mass is 10.2. The van der Waals surface area contributed by atoms with Gasteiger partial charge < -0.3 is 10.4 Å². The predicted octanol–water partition coefficient (Wildman–Crippen LogP) is 2.97. The number of hydrogen-bond donors (Lipinski definition) is 2. The molecule has 0 heterocycles. The second kappa shape index (κ2) is 6.19. The SMILES string of the molecule is CC#CCCNc1cccc(Br)c1C(=O)O. The summed E-state index contributed by atoms with van der Waals surface area (Å²) in [7, 11) is 0. The van der Waals surface area contributed by atoms with Crippen LogP contribution in [0.2, 0.25) is 0 Å². The molecule has 0 aromatic heterocycles. The molecule has 0 amide bonds. The summed E-state index contributed by atoms with van der Waals surface area (Å²) in [5, 5.41) is 12.1. The fourth-order valence-electron chi connectivity index (χ4n) is 1.27. The van der Waals surface area contributed by atoms with Gasteiger partial charge in [0.25, 0.3) is 0 Å². The molecule has 0 atom stereocenters. The molecule has 2 N–H and O–H groups in total. The Morgan fingerprint density at radius 3 is 2.94 bits per heavy atom. The van der Waals surface area contributed by atoms with Crippen molar-refractivity contribution in [2.45, 2.75) is 13.3 Å². The van der Waals surface area contributed by atoms with Gasteiger partial charge in [0.05, 0.1) is 5.56 Å². The van der Waals surface area contributed by atoms with Crippen molar-refractivity contribution in [3.8, 4) is 11.8 Å². The highest BCUT2D eigenvalue weighted by molar-refractivity contribution is 9.10. The van der Waals surface area contributed by atoms with Crippen molar-refractivity contribution < 1.29 is 9.90 Å². The van der Waals surface area contributed by atoms with Crippen molar-refractivity contribution in [2.24, 2.45) is 0 Å². The highest BCUT2D eigenvalue weighted by Crippen LogP contribution is 2.24. The monoisotopic (exact) mass is 281 g/mol. The van der Waals surface area contributed by atoms with Gasteiger partial charge in [-0.1, -0.05) is 6.07 Å². The zero-order chi connectivity index (χ0) is 12.0. The second-order valence-electron chi connectivity index (χ2n) is 3.07. The minimum absolute atomic E-state index is 0.256. The number of hydrogen-bond acceptors (Lipinski definition) is 2. The van der Waals surface area contributed by atoms with Crippen LogP contribution in [0.15, 0.2) is 22.7 Å². The average Bonchev–Trinajstić information content (AvgIpc) is 2.24. The quantitative estimate of drug-likeness (QED) is 0.659. The molecule has 0 aliphatic heterocycles. The van der Waals surface area contributed by atoms with Crippen molar-refractivity contribution in [1.29, 1.82) is 0 Å². The summed E-state index contributed by atoms with van der Waals surface area (Å²) in [5.74, 6) is 4.75. The lowest BCUT2D eigenvalue weighted by Crippen LogP contribution is -2.07. The highest BCUT2D eigenvalue weighted by atomic mass is 79.9. The van der Waals surface area contributed by atoms with Crippen LogP contribution >= 0.6 is 15.9 Å². The number of aromatic carboxylic acids is 1. The Kier molecular flexibility index (Phi) is 4.87. The van der Waals surface area contributed by atoms with Crippen LogP contribution in [0.4, 0.5) is 5.69 Å². The third-order valence-electron chi connectivity index (χ3n) is 1.97. The summed E-state index contributed by atoms with van der Waals surface area (Å²) in [6.07, 6.45) is 0.697. The van der Waals surface area contributed by atoms with Crippen LogP contribution < -0.4 is 5.32 Å². The number of carbonyl (C=O) groups is 1.